The van der Waals surface area contributed by atoms with Crippen molar-refractivity contribution < 1.29 is 0 Å². The molecule has 0 radical (unpaired) electrons. The maximum atomic E-state index is 2.72. The van der Waals surface area contributed by atoms with Crippen LogP contribution < -0.4 is 0 Å². The highest BCUT2D eigenvalue weighted by atomic mass is 15.4. The first kappa shape index (κ1) is 43.4. The van der Waals surface area contributed by atoms with Crippen LogP contribution in [0.25, 0.3) is 0 Å². The topological polar surface area (TPSA) is 6.48 Å². The molecule has 0 aromatic rings. The summed E-state index contributed by atoms with van der Waals surface area (Å²) in [6.45, 7) is 9.49. The first-order valence-corrected chi connectivity index (χ1v) is 22.0. The predicted molar refractivity (Wildman–Crippen MR) is 210 cm³/mol. The number of unbranched alkanes of at least 4 members (excludes halogenated alkanes) is 32. The second-order valence-corrected chi connectivity index (χ2v) is 15.4. The Bertz CT molecular complexity index is 559. The molecule has 0 aromatic carbocycles. The van der Waals surface area contributed by atoms with E-state index in [-0.39, 0.29) is 0 Å². The molecule has 1 aliphatic heterocycles. The summed E-state index contributed by atoms with van der Waals surface area (Å²) in [5.41, 5.74) is 0. The van der Waals surface area contributed by atoms with Gasteiger partial charge in [0.2, 0.25) is 0 Å². The predicted octanol–water partition coefficient (Wildman–Crippen LogP) is 15.5. The lowest BCUT2D eigenvalue weighted by Gasteiger charge is -2.33. The number of hydrogen-bond donors (Lipinski definition) is 0. The molecule has 2 heteroatoms. The van der Waals surface area contributed by atoms with Crippen LogP contribution in [0, 0.1) is 0 Å². The maximum absolute atomic E-state index is 2.72. The van der Waals surface area contributed by atoms with Crippen LogP contribution in [-0.2, 0) is 0 Å². The quantitative estimate of drug-likeness (QED) is 0.0617. The highest BCUT2D eigenvalue weighted by Gasteiger charge is 2.24. The van der Waals surface area contributed by atoms with E-state index in [1.807, 2.05) is 0 Å². The highest BCUT2D eigenvalue weighted by Crippen LogP contribution is 2.24. The molecule has 0 bridgehead atoms. The normalized spacial score (nSPS) is 13.5. The second kappa shape index (κ2) is 35.6. The molecule has 2 nitrogen and oxygen atoms in total. The summed E-state index contributed by atoms with van der Waals surface area (Å²) >= 11 is 0. The van der Waals surface area contributed by atoms with E-state index in [4.69, 9.17) is 0 Å². The molecule has 0 saturated heterocycles. The van der Waals surface area contributed by atoms with Crippen LogP contribution in [0.2, 0.25) is 0 Å². The standard InChI is InChI=1S/C44H88N2/c1-4-7-10-13-16-18-20-22-24-26-28-31-34-37-40-45-42-43-46(44(45)39-36-33-30-15-12-9-6-3)41-38-35-32-29-27-25-23-21-19-17-14-11-8-5-2/h42-44H,4-41H2,1-3H3. The number of rotatable bonds is 38. The molecule has 0 fully saturated rings. The van der Waals surface area contributed by atoms with E-state index in [0.717, 1.165) is 0 Å². The highest BCUT2D eigenvalue weighted by molar-refractivity contribution is 4.97. The maximum Gasteiger partial charge on any atom is 0.101 e. The molecule has 1 rings (SSSR count). The summed E-state index contributed by atoms with van der Waals surface area (Å²) in [5.74, 6) is 0. The van der Waals surface area contributed by atoms with Gasteiger partial charge in [-0.25, -0.2) is 0 Å². The molecule has 0 atom stereocenters. The summed E-state index contributed by atoms with van der Waals surface area (Å²) in [7, 11) is 0. The Balaban J connectivity index is 2.15. The lowest BCUT2D eigenvalue weighted by molar-refractivity contribution is 0.135. The van der Waals surface area contributed by atoms with Crippen LogP contribution in [0.3, 0.4) is 0 Å². The molecule has 0 spiro atoms. The Labute approximate surface area is 292 Å². The average Bonchev–Trinajstić information content (AvgIpc) is 3.45. The monoisotopic (exact) mass is 645 g/mol. The summed E-state index contributed by atoms with van der Waals surface area (Å²) in [4.78, 5) is 5.45. The van der Waals surface area contributed by atoms with Gasteiger partial charge in [0.05, 0.1) is 0 Å². The van der Waals surface area contributed by atoms with Gasteiger partial charge in [0, 0.05) is 25.5 Å². The van der Waals surface area contributed by atoms with Crippen molar-refractivity contribution in [1.82, 2.24) is 9.80 Å². The Morgan fingerprint density at radius 2 is 0.500 bits per heavy atom. The van der Waals surface area contributed by atoms with Crippen LogP contribution in [0.15, 0.2) is 12.4 Å². The van der Waals surface area contributed by atoms with Gasteiger partial charge in [-0.05, 0) is 25.7 Å². The number of nitrogens with zero attached hydrogens (tertiary/aromatic N) is 2. The smallest absolute Gasteiger partial charge is 0.101 e. The van der Waals surface area contributed by atoms with Gasteiger partial charge in [-0.3, -0.25) is 0 Å². The van der Waals surface area contributed by atoms with Crippen molar-refractivity contribution in [2.24, 2.45) is 0 Å². The molecule has 0 amide bonds. The Kier molecular flexibility index (Phi) is 33.6. The lowest BCUT2D eigenvalue weighted by atomic mass is 10.0. The lowest BCUT2D eigenvalue weighted by Crippen LogP contribution is -2.39. The Morgan fingerprint density at radius 3 is 0.761 bits per heavy atom. The van der Waals surface area contributed by atoms with Gasteiger partial charge in [0.1, 0.15) is 6.17 Å². The number of hydrogen-bond acceptors (Lipinski definition) is 2. The largest absolute Gasteiger partial charge is 0.356 e. The third-order valence-electron chi connectivity index (χ3n) is 10.8. The van der Waals surface area contributed by atoms with Crippen molar-refractivity contribution >= 4 is 0 Å². The van der Waals surface area contributed by atoms with Gasteiger partial charge < -0.3 is 9.80 Å². The molecular weight excluding hydrogens is 556 g/mol. The summed E-state index contributed by atoms with van der Waals surface area (Å²) < 4.78 is 0. The molecule has 1 heterocycles. The van der Waals surface area contributed by atoms with E-state index in [0.29, 0.717) is 6.17 Å². The fourth-order valence-corrected chi connectivity index (χ4v) is 7.60. The zero-order valence-electron chi connectivity index (χ0n) is 32.5. The van der Waals surface area contributed by atoms with Crippen LogP contribution in [-0.4, -0.2) is 29.1 Å². The Hall–Kier alpha value is -0.660. The van der Waals surface area contributed by atoms with Gasteiger partial charge >= 0.3 is 0 Å². The van der Waals surface area contributed by atoms with Crippen molar-refractivity contribution in [1.29, 1.82) is 0 Å². The third-order valence-corrected chi connectivity index (χ3v) is 10.8. The van der Waals surface area contributed by atoms with E-state index in [1.54, 1.807) is 0 Å². The van der Waals surface area contributed by atoms with Gasteiger partial charge in [-0.2, -0.15) is 0 Å². The minimum atomic E-state index is 0.639. The zero-order chi connectivity index (χ0) is 33.0. The second-order valence-electron chi connectivity index (χ2n) is 15.4. The van der Waals surface area contributed by atoms with Crippen LogP contribution in [0.4, 0.5) is 0 Å². The first-order valence-electron chi connectivity index (χ1n) is 22.0. The van der Waals surface area contributed by atoms with Gasteiger partial charge in [0.15, 0.2) is 0 Å². The average molecular weight is 645 g/mol. The summed E-state index contributed by atoms with van der Waals surface area (Å²) in [6, 6.07) is 0. The van der Waals surface area contributed by atoms with Crippen LogP contribution in [0.1, 0.15) is 252 Å². The van der Waals surface area contributed by atoms with Gasteiger partial charge in [-0.1, -0.05) is 226 Å². The molecule has 46 heavy (non-hydrogen) atoms. The molecule has 0 saturated carbocycles. The van der Waals surface area contributed by atoms with Crippen molar-refractivity contribution in [3.63, 3.8) is 0 Å². The Morgan fingerprint density at radius 1 is 0.283 bits per heavy atom. The minimum absolute atomic E-state index is 0.639. The van der Waals surface area contributed by atoms with E-state index in [9.17, 15) is 0 Å². The van der Waals surface area contributed by atoms with Crippen molar-refractivity contribution in [2.75, 3.05) is 13.1 Å². The van der Waals surface area contributed by atoms with Crippen molar-refractivity contribution in [2.45, 2.75) is 258 Å². The van der Waals surface area contributed by atoms with Gasteiger partial charge in [0.25, 0.3) is 0 Å². The van der Waals surface area contributed by atoms with Crippen LogP contribution in [0.5, 0.6) is 0 Å². The molecule has 0 N–H and O–H groups in total. The molecule has 0 aliphatic carbocycles. The molecule has 1 aliphatic rings. The minimum Gasteiger partial charge on any atom is -0.356 e. The third kappa shape index (κ3) is 27.3. The molecular formula is C44H88N2. The summed E-state index contributed by atoms with van der Waals surface area (Å²) in [5, 5.41) is 0. The fraction of sp³-hybridized carbons (Fsp3) is 0.955. The van der Waals surface area contributed by atoms with Gasteiger partial charge in [-0.15, -0.1) is 0 Å². The summed E-state index contributed by atoms with van der Waals surface area (Å²) in [6.07, 6.45) is 57.4. The van der Waals surface area contributed by atoms with E-state index in [2.05, 4.69) is 43.0 Å². The van der Waals surface area contributed by atoms with E-state index in [1.165, 1.54) is 244 Å². The fourth-order valence-electron chi connectivity index (χ4n) is 7.60. The van der Waals surface area contributed by atoms with Crippen molar-refractivity contribution in [3.8, 4) is 0 Å². The molecule has 0 unspecified atom stereocenters. The molecule has 0 aromatic heterocycles. The van der Waals surface area contributed by atoms with Crippen molar-refractivity contribution in [3.05, 3.63) is 12.4 Å². The van der Waals surface area contributed by atoms with Crippen LogP contribution >= 0.6 is 0 Å². The first-order chi connectivity index (χ1) is 22.8. The van der Waals surface area contributed by atoms with E-state index < -0.39 is 0 Å². The van der Waals surface area contributed by atoms with E-state index >= 15 is 0 Å². The zero-order valence-corrected chi connectivity index (χ0v) is 32.5. The SMILES string of the molecule is CCCCCCCCCCCCCCCCN1C=CN(CCCCCCCCCCCCCCCC)C1CCCCCCCCC. The molecule has 274 valence electrons.